The van der Waals surface area contributed by atoms with Crippen molar-refractivity contribution in [2.75, 3.05) is 33.6 Å². The molecule has 1 fully saturated rings. The second-order valence-electron chi connectivity index (χ2n) is 6.95. The number of nitrogens with zero attached hydrogens (tertiary/aromatic N) is 2. The second-order valence-corrected chi connectivity index (χ2v) is 8.94. The van der Waals surface area contributed by atoms with E-state index >= 15 is 0 Å². The van der Waals surface area contributed by atoms with E-state index in [4.69, 9.17) is 9.47 Å². The van der Waals surface area contributed by atoms with Crippen LogP contribution in [-0.4, -0.2) is 51.9 Å². The Hall–Kier alpha value is -2.12. The van der Waals surface area contributed by atoms with Crippen molar-refractivity contribution in [2.45, 2.75) is 30.2 Å². The number of piperidine rings is 1. The second kappa shape index (κ2) is 8.27. The Morgan fingerprint density at radius 2 is 1.89 bits per heavy atom. The van der Waals surface area contributed by atoms with Crippen molar-refractivity contribution in [1.29, 1.82) is 0 Å². The molecule has 146 valence electrons. The third-order valence-electron chi connectivity index (χ3n) is 4.91. The topological polar surface area (TPSA) is 68.7 Å². The summed E-state index contributed by atoms with van der Waals surface area (Å²) in [5.41, 5.74) is 1.80. The quantitative estimate of drug-likeness (QED) is 0.755. The highest BCUT2D eigenvalue weighted by molar-refractivity contribution is 7.90. The van der Waals surface area contributed by atoms with Crippen LogP contribution in [0.2, 0.25) is 0 Å². The van der Waals surface area contributed by atoms with Crippen LogP contribution < -0.4 is 9.47 Å². The highest BCUT2D eigenvalue weighted by Crippen LogP contribution is 2.31. The summed E-state index contributed by atoms with van der Waals surface area (Å²) in [5.74, 6) is 1.64. The van der Waals surface area contributed by atoms with Gasteiger partial charge in [0.25, 0.3) is 0 Å². The number of ether oxygens (including phenoxy) is 2. The molecule has 1 aliphatic rings. The fraction of sp³-hybridized carbons (Fsp3) is 0.450. The molecule has 2 heterocycles. The number of pyridine rings is 1. The van der Waals surface area contributed by atoms with Gasteiger partial charge in [0.2, 0.25) is 0 Å². The van der Waals surface area contributed by atoms with Crippen LogP contribution in [0.1, 0.15) is 30.0 Å². The molecule has 6 nitrogen and oxygen atoms in total. The van der Waals surface area contributed by atoms with Gasteiger partial charge in [0.1, 0.15) is 11.5 Å². The first-order valence-corrected chi connectivity index (χ1v) is 10.9. The number of hydrogen-bond donors (Lipinski definition) is 0. The van der Waals surface area contributed by atoms with E-state index < -0.39 is 9.84 Å². The van der Waals surface area contributed by atoms with E-state index in [2.05, 4.69) is 9.88 Å². The number of benzene rings is 1. The molecule has 1 aromatic heterocycles. The summed E-state index contributed by atoms with van der Waals surface area (Å²) >= 11 is 0. The van der Waals surface area contributed by atoms with Gasteiger partial charge < -0.3 is 9.47 Å². The molecular formula is C20H26N2O4S. The number of hydrogen-bond acceptors (Lipinski definition) is 6. The van der Waals surface area contributed by atoms with Crippen molar-refractivity contribution in [3.63, 3.8) is 0 Å². The van der Waals surface area contributed by atoms with Gasteiger partial charge in [0.05, 0.1) is 24.8 Å². The Labute approximate surface area is 161 Å². The summed E-state index contributed by atoms with van der Waals surface area (Å²) in [4.78, 5) is 7.10. The Morgan fingerprint density at radius 1 is 1.19 bits per heavy atom. The Balaban J connectivity index is 1.80. The molecule has 0 saturated carbocycles. The first kappa shape index (κ1) is 19.6. The SMILES string of the molecule is COc1cc(CN2CCCC(c3ncccc3S(C)(=O)=O)C2)cc(OC)c1. The van der Waals surface area contributed by atoms with Crippen molar-refractivity contribution in [3.8, 4) is 11.5 Å². The lowest BCUT2D eigenvalue weighted by Crippen LogP contribution is -2.34. The van der Waals surface area contributed by atoms with E-state index in [1.54, 1.807) is 32.5 Å². The molecule has 1 atom stereocenters. The van der Waals surface area contributed by atoms with E-state index in [1.165, 1.54) is 6.26 Å². The zero-order valence-corrected chi connectivity index (χ0v) is 16.8. The van der Waals surface area contributed by atoms with Crippen molar-refractivity contribution in [1.82, 2.24) is 9.88 Å². The van der Waals surface area contributed by atoms with E-state index in [0.717, 1.165) is 49.5 Å². The van der Waals surface area contributed by atoms with Crippen molar-refractivity contribution < 1.29 is 17.9 Å². The van der Waals surface area contributed by atoms with Crippen LogP contribution in [-0.2, 0) is 16.4 Å². The monoisotopic (exact) mass is 390 g/mol. The van der Waals surface area contributed by atoms with E-state index in [-0.39, 0.29) is 5.92 Å². The predicted octanol–water partition coefficient (Wildman–Crippen LogP) is 2.88. The third kappa shape index (κ3) is 4.78. The lowest BCUT2D eigenvalue weighted by molar-refractivity contribution is 0.197. The predicted molar refractivity (Wildman–Crippen MR) is 104 cm³/mol. The van der Waals surface area contributed by atoms with Gasteiger partial charge in [-0.1, -0.05) is 0 Å². The molecular weight excluding hydrogens is 364 g/mol. The molecule has 0 radical (unpaired) electrons. The largest absolute Gasteiger partial charge is 0.497 e. The van der Waals surface area contributed by atoms with Crippen LogP contribution >= 0.6 is 0 Å². The number of methoxy groups -OCH3 is 2. The maximum absolute atomic E-state index is 12.1. The summed E-state index contributed by atoms with van der Waals surface area (Å²) in [6, 6.07) is 9.21. The zero-order valence-electron chi connectivity index (χ0n) is 16.0. The molecule has 2 aromatic rings. The fourth-order valence-corrected chi connectivity index (χ4v) is 4.59. The van der Waals surface area contributed by atoms with Gasteiger partial charge in [-0.3, -0.25) is 9.88 Å². The van der Waals surface area contributed by atoms with Gasteiger partial charge in [0, 0.05) is 37.5 Å². The van der Waals surface area contributed by atoms with Crippen molar-refractivity contribution >= 4 is 9.84 Å². The highest BCUT2D eigenvalue weighted by Gasteiger charge is 2.27. The molecule has 0 spiro atoms. The van der Waals surface area contributed by atoms with Crippen LogP contribution in [0.25, 0.3) is 0 Å². The zero-order chi connectivity index (χ0) is 19.4. The molecule has 27 heavy (non-hydrogen) atoms. The molecule has 1 saturated heterocycles. The van der Waals surface area contributed by atoms with Crippen LogP contribution in [0, 0.1) is 0 Å². The molecule has 0 aliphatic carbocycles. The Morgan fingerprint density at radius 3 is 2.52 bits per heavy atom. The van der Waals surface area contributed by atoms with E-state index in [9.17, 15) is 8.42 Å². The molecule has 3 rings (SSSR count). The molecule has 0 bridgehead atoms. The molecule has 1 aliphatic heterocycles. The van der Waals surface area contributed by atoms with E-state index in [0.29, 0.717) is 10.6 Å². The minimum absolute atomic E-state index is 0.108. The third-order valence-corrected chi connectivity index (χ3v) is 6.05. The summed E-state index contributed by atoms with van der Waals surface area (Å²) < 4.78 is 35.0. The van der Waals surface area contributed by atoms with Gasteiger partial charge in [-0.05, 0) is 49.2 Å². The van der Waals surface area contributed by atoms with Gasteiger partial charge in [-0.2, -0.15) is 0 Å². The van der Waals surface area contributed by atoms with Crippen LogP contribution in [0.15, 0.2) is 41.4 Å². The molecule has 7 heteroatoms. The van der Waals surface area contributed by atoms with Crippen molar-refractivity contribution in [2.24, 2.45) is 0 Å². The highest BCUT2D eigenvalue weighted by atomic mass is 32.2. The first-order valence-electron chi connectivity index (χ1n) is 9.00. The molecule has 1 aromatic carbocycles. The first-order chi connectivity index (χ1) is 12.9. The van der Waals surface area contributed by atoms with Gasteiger partial charge >= 0.3 is 0 Å². The minimum atomic E-state index is -3.29. The average Bonchev–Trinajstić information content (AvgIpc) is 2.67. The van der Waals surface area contributed by atoms with Gasteiger partial charge in [-0.25, -0.2) is 8.42 Å². The summed E-state index contributed by atoms with van der Waals surface area (Å²) in [6.07, 6.45) is 4.87. The lowest BCUT2D eigenvalue weighted by Gasteiger charge is -2.33. The van der Waals surface area contributed by atoms with Crippen LogP contribution in [0.3, 0.4) is 0 Å². The van der Waals surface area contributed by atoms with Crippen LogP contribution in [0.4, 0.5) is 0 Å². The fourth-order valence-electron chi connectivity index (χ4n) is 3.66. The average molecular weight is 391 g/mol. The van der Waals surface area contributed by atoms with Gasteiger partial charge in [0.15, 0.2) is 9.84 Å². The number of likely N-dealkylation sites (tertiary alicyclic amines) is 1. The number of rotatable bonds is 6. The number of aromatic nitrogens is 1. The normalized spacial score (nSPS) is 18.3. The Bertz CT molecular complexity index is 876. The maximum Gasteiger partial charge on any atom is 0.177 e. The minimum Gasteiger partial charge on any atom is -0.497 e. The molecule has 0 N–H and O–H groups in total. The lowest BCUT2D eigenvalue weighted by atomic mass is 9.94. The van der Waals surface area contributed by atoms with Gasteiger partial charge in [-0.15, -0.1) is 0 Å². The maximum atomic E-state index is 12.1. The van der Waals surface area contributed by atoms with E-state index in [1.807, 2.05) is 18.2 Å². The Kier molecular flexibility index (Phi) is 6.01. The molecule has 0 amide bonds. The van der Waals surface area contributed by atoms with Crippen molar-refractivity contribution in [3.05, 3.63) is 47.8 Å². The summed E-state index contributed by atoms with van der Waals surface area (Å²) in [5, 5.41) is 0. The summed E-state index contributed by atoms with van der Waals surface area (Å²) in [6.45, 7) is 2.50. The number of sulfone groups is 1. The molecule has 1 unspecified atom stereocenters. The smallest absolute Gasteiger partial charge is 0.177 e. The van der Waals surface area contributed by atoms with Crippen LogP contribution in [0.5, 0.6) is 11.5 Å². The standard InChI is InChI=1S/C20H26N2O4S/c1-25-17-10-15(11-18(12-17)26-2)13-22-9-5-6-16(14-22)20-19(27(3,23)24)7-4-8-21-20/h4,7-8,10-12,16H,5-6,9,13-14H2,1-3H3. The summed E-state index contributed by atoms with van der Waals surface area (Å²) in [7, 11) is -0.00701.